The Balaban J connectivity index is 2.43. The van der Waals surface area contributed by atoms with E-state index in [1.165, 1.54) is 12.1 Å². The number of nitrogens with zero attached hydrogens (tertiary/aromatic N) is 1. The lowest BCUT2D eigenvalue weighted by Crippen LogP contribution is -2.51. The first-order valence-corrected chi connectivity index (χ1v) is 12.1. The number of anilines is 2. The van der Waals surface area contributed by atoms with Gasteiger partial charge in [0.1, 0.15) is 11.6 Å². The molecule has 0 fully saturated rings. The fraction of sp³-hybridized carbons (Fsp3) is 0.120. The molecule has 0 spiro atoms. The SMILES string of the molecule is C=CC[Si](CC=C)(CC=C)N(c1[c]cccc1F)c1c(F)ccc2ccccc12. The van der Waals surface area contributed by atoms with E-state index in [0.717, 1.165) is 10.8 Å². The van der Waals surface area contributed by atoms with Crippen LogP contribution < -0.4 is 4.57 Å². The quantitative estimate of drug-likeness (QED) is 0.263. The highest BCUT2D eigenvalue weighted by Crippen LogP contribution is 2.43. The normalized spacial score (nSPS) is 11.2. The van der Waals surface area contributed by atoms with Crippen molar-refractivity contribution in [1.82, 2.24) is 0 Å². The van der Waals surface area contributed by atoms with Gasteiger partial charge in [-0.25, -0.2) is 8.78 Å². The molecule has 3 aromatic rings. The predicted molar refractivity (Wildman–Crippen MR) is 122 cm³/mol. The number of hydrogen-bond acceptors (Lipinski definition) is 1. The van der Waals surface area contributed by atoms with Crippen LogP contribution in [0.2, 0.25) is 18.1 Å². The molecule has 3 rings (SSSR count). The van der Waals surface area contributed by atoms with Gasteiger partial charge < -0.3 is 4.57 Å². The Morgan fingerprint density at radius 2 is 1.48 bits per heavy atom. The highest BCUT2D eigenvalue weighted by molar-refractivity contribution is 6.85. The third-order valence-corrected chi connectivity index (χ3v) is 9.67. The van der Waals surface area contributed by atoms with Crippen molar-refractivity contribution in [2.75, 3.05) is 4.57 Å². The molecule has 0 saturated carbocycles. The second-order valence-electron chi connectivity index (χ2n) is 7.02. The summed E-state index contributed by atoms with van der Waals surface area (Å²) in [4.78, 5) is 0. The molecule has 0 saturated heterocycles. The highest BCUT2D eigenvalue weighted by atomic mass is 28.3. The zero-order chi connectivity index (χ0) is 20.9. The van der Waals surface area contributed by atoms with Gasteiger partial charge in [-0.15, -0.1) is 19.7 Å². The number of hydrogen-bond donors (Lipinski definition) is 0. The summed E-state index contributed by atoms with van der Waals surface area (Å²) >= 11 is 0. The van der Waals surface area contributed by atoms with Gasteiger partial charge in [0.25, 0.3) is 0 Å². The van der Waals surface area contributed by atoms with E-state index in [4.69, 9.17) is 0 Å². The predicted octanol–water partition coefficient (Wildman–Crippen LogP) is 7.56. The zero-order valence-electron chi connectivity index (χ0n) is 16.4. The lowest BCUT2D eigenvalue weighted by molar-refractivity contribution is 0.621. The Labute approximate surface area is 172 Å². The van der Waals surface area contributed by atoms with Gasteiger partial charge in [-0.1, -0.05) is 60.7 Å². The van der Waals surface area contributed by atoms with E-state index >= 15 is 8.78 Å². The Morgan fingerprint density at radius 3 is 2.10 bits per heavy atom. The zero-order valence-corrected chi connectivity index (χ0v) is 17.4. The topological polar surface area (TPSA) is 3.24 Å². The molecule has 0 heterocycles. The van der Waals surface area contributed by atoms with Crippen LogP contribution in [0.3, 0.4) is 0 Å². The van der Waals surface area contributed by atoms with Crippen LogP contribution >= 0.6 is 0 Å². The van der Waals surface area contributed by atoms with E-state index in [9.17, 15) is 0 Å². The molecule has 0 aliphatic rings. The van der Waals surface area contributed by atoms with E-state index in [1.807, 2.05) is 47.1 Å². The van der Waals surface area contributed by atoms with Crippen molar-refractivity contribution < 1.29 is 8.78 Å². The van der Waals surface area contributed by atoms with Crippen molar-refractivity contribution in [3.8, 4) is 0 Å². The van der Waals surface area contributed by atoms with Gasteiger partial charge in [-0.3, -0.25) is 0 Å². The van der Waals surface area contributed by atoms with Crippen LogP contribution in [0.15, 0.2) is 92.6 Å². The number of para-hydroxylation sites is 1. The van der Waals surface area contributed by atoms with Gasteiger partial charge in [0.15, 0.2) is 8.24 Å². The summed E-state index contributed by atoms with van der Waals surface area (Å²) in [6.45, 7) is 11.8. The second kappa shape index (κ2) is 9.01. The van der Waals surface area contributed by atoms with Crippen LogP contribution in [-0.2, 0) is 0 Å². The monoisotopic (exact) mass is 404 g/mol. The lowest BCUT2D eigenvalue weighted by atomic mass is 10.1. The van der Waals surface area contributed by atoms with Crippen molar-refractivity contribution >= 4 is 30.4 Å². The van der Waals surface area contributed by atoms with Crippen LogP contribution in [-0.4, -0.2) is 8.24 Å². The minimum atomic E-state index is -2.62. The molecule has 0 bridgehead atoms. The molecule has 1 nitrogen and oxygen atoms in total. The Kier molecular flexibility index (Phi) is 6.45. The number of fused-ring (bicyclic) bond motifs is 1. The molecule has 0 aliphatic heterocycles. The molecular formula is C25H24F2NSi. The van der Waals surface area contributed by atoms with Gasteiger partial charge in [-0.05, 0) is 35.7 Å². The first-order chi connectivity index (χ1) is 14.1. The van der Waals surface area contributed by atoms with E-state index in [-0.39, 0.29) is 5.69 Å². The van der Waals surface area contributed by atoms with Crippen molar-refractivity contribution in [3.63, 3.8) is 0 Å². The molecular weight excluding hydrogens is 380 g/mol. The van der Waals surface area contributed by atoms with Gasteiger partial charge in [0.2, 0.25) is 0 Å². The molecule has 0 unspecified atom stereocenters. The summed E-state index contributed by atoms with van der Waals surface area (Å²) in [5.41, 5.74) is 0.627. The molecule has 29 heavy (non-hydrogen) atoms. The molecule has 0 atom stereocenters. The second-order valence-corrected chi connectivity index (χ2v) is 11.1. The van der Waals surface area contributed by atoms with Crippen molar-refractivity contribution in [1.29, 1.82) is 0 Å². The van der Waals surface area contributed by atoms with E-state index in [1.54, 1.807) is 18.2 Å². The molecule has 1 radical (unpaired) electrons. The van der Waals surface area contributed by atoms with Gasteiger partial charge in [-0.2, -0.15) is 0 Å². The van der Waals surface area contributed by atoms with Gasteiger partial charge in [0.05, 0.1) is 11.4 Å². The lowest BCUT2D eigenvalue weighted by Gasteiger charge is -2.43. The maximum Gasteiger partial charge on any atom is 0.173 e. The van der Waals surface area contributed by atoms with Crippen molar-refractivity contribution in [2.24, 2.45) is 0 Å². The maximum absolute atomic E-state index is 15.4. The molecule has 147 valence electrons. The van der Waals surface area contributed by atoms with Crippen LogP contribution in [0, 0.1) is 17.7 Å². The van der Waals surface area contributed by atoms with E-state index < -0.39 is 19.9 Å². The van der Waals surface area contributed by atoms with E-state index in [2.05, 4.69) is 25.8 Å². The number of rotatable bonds is 9. The first kappa shape index (κ1) is 20.7. The summed E-state index contributed by atoms with van der Waals surface area (Å²) in [5, 5.41) is 1.63. The smallest absolute Gasteiger partial charge is 0.173 e. The number of allylic oxidation sites excluding steroid dienone is 3. The first-order valence-electron chi connectivity index (χ1n) is 9.54. The summed E-state index contributed by atoms with van der Waals surface area (Å²) in [5.74, 6) is -0.830. The average Bonchev–Trinajstić information content (AvgIpc) is 2.72. The van der Waals surface area contributed by atoms with Gasteiger partial charge >= 0.3 is 0 Å². The highest BCUT2D eigenvalue weighted by Gasteiger charge is 2.41. The van der Waals surface area contributed by atoms with Crippen molar-refractivity contribution in [2.45, 2.75) is 18.1 Å². The van der Waals surface area contributed by atoms with Crippen LogP contribution in [0.1, 0.15) is 0 Å². The summed E-state index contributed by atoms with van der Waals surface area (Å²) in [7, 11) is -2.62. The minimum Gasteiger partial charge on any atom is -0.362 e. The Bertz CT molecular complexity index is 1020. The average molecular weight is 405 g/mol. The minimum absolute atomic E-state index is 0.250. The fourth-order valence-electron chi connectivity index (χ4n) is 3.95. The summed E-state index contributed by atoms with van der Waals surface area (Å²) < 4.78 is 32.3. The third-order valence-electron chi connectivity index (χ3n) is 5.13. The van der Waals surface area contributed by atoms with Crippen molar-refractivity contribution in [3.05, 3.63) is 110 Å². The fourth-order valence-corrected chi connectivity index (χ4v) is 7.96. The largest absolute Gasteiger partial charge is 0.362 e. The molecule has 0 amide bonds. The van der Waals surface area contributed by atoms with Crippen LogP contribution in [0.4, 0.5) is 20.2 Å². The number of benzene rings is 3. The van der Waals surface area contributed by atoms with E-state index in [0.29, 0.717) is 23.8 Å². The molecule has 4 heteroatoms. The Morgan fingerprint density at radius 1 is 0.828 bits per heavy atom. The summed E-state index contributed by atoms with van der Waals surface area (Å²) in [6, 6.07) is 20.3. The standard InChI is InChI=1S/C25H24F2NSi/c1-4-17-29(18-5-2,19-6-3)28(24-14-10-9-13-22(24)26)25-21-12-8-7-11-20(21)15-16-23(25)27/h4-13,15-16H,1-3,17-19H2. The number of halogens is 2. The van der Waals surface area contributed by atoms with Crippen LogP contribution in [0.5, 0.6) is 0 Å². The maximum atomic E-state index is 15.4. The molecule has 3 aromatic carbocycles. The Hall–Kier alpha value is -2.98. The molecule has 0 aromatic heterocycles. The van der Waals surface area contributed by atoms with Gasteiger partial charge in [0, 0.05) is 11.5 Å². The van der Waals surface area contributed by atoms with Crippen LogP contribution in [0.25, 0.3) is 10.8 Å². The molecule has 0 aliphatic carbocycles. The third kappa shape index (κ3) is 3.94. The summed E-state index contributed by atoms with van der Waals surface area (Å²) in [6.07, 6.45) is 5.49. The molecule has 0 N–H and O–H groups in total.